The van der Waals surface area contributed by atoms with Crippen LogP contribution in [-0.2, 0) is 4.79 Å². The molecule has 2 aromatic rings. The molecule has 1 unspecified atom stereocenters. The zero-order valence-corrected chi connectivity index (χ0v) is 17.8. The number of benzene rings is 1. The van der Waals surface area contributed by atoms with Crippen LogP contribution in [0.15, 0.2) is 27.9 Å². The molecular weight excluding hydrogens is 414 g/mol. The molecule has 0 spiro atoms. The maximum absolute atomic E-state index is 12.4. The van der Waals surface area contributed by atoms with Crippen molar-refractivity contribution in [2.45, 2.75) is 29.3 Å². The number of hydrogen-bond acceptors (Lipinski definition) is 8. The summed E-state index contributed by atoms with van der Waals surface area (Å²) in [6, 6.07) is 4.98. The fourth-order valence-corrected chi connectivity index (χ4v) is 5.18. The fraction of sp³-hybridized carbons (Fsp3) is 0.421. The van der Waals surface area contributed by atoms with Gasteiger partial charge in [0.2, 0.25) is 5.91 Å². The highest BCUT2D eigenvalue weighted by Gasteiger charge is 2.36. The minimum atomic E-state index is -1.04. The number of rotatable bonds is 9. The molecule has 2 atom stereocenters. The maximum atomic E-state index is 12.4. The standard InChI is InChI=1S/C19H23N3O5S2/c1-26-11-3-4-12(15(9-11)27-2)17(20)14-5-6-16(23)22(14)7-8-28-19-21-13(10-29-19)18(24)25/h3-4,9-10,14,17H,5-8,20H2,1-2H3,(H,24,25)/t14-,17?/m1/s1. The van der Waals surface area contributed by atoms with Crippen molar-refractivity contribution in [2.75, 3.05) is 26.5 Å². The van der Waals surface area contributed by atoms with E-state index >= 15 is 0 Å². The highest BCUT2D eigenvalue weighted by molar-refractivity contribution is 8.01. The molecule has 1 aromatic carbocycles. The number of hydrogen-bond donors (Lipinski definition) is 2. The largest absolute Gasteiger partial charge is 0.497 e. The number of amides is 1. The van der Waals surface area contributed by atoms with Crippen LogP contribution in [0.3, 0.4) is 0 Å². The maximum Gasteiger partial charge on any atom is 0.355 e. The summed E-state index contributed by atoms with van der Waals surface area (Å²) in [5.41, 5.74) is 7.42. The Kier molecular flexibility index (Phi) is 6.99. The lowest BCUT2D eigenvalue weighted by Crippen LogP contribution is -2.41. The van der Waals surface area contributed by atoms with Gasteiger partial charge in [-0.3, -0.25) is 4.79 Å². The summed E-state index contributed by atoms with van der Waals surface area (Å²) >= 11 is 2.73. The third-order valence-electron chi connectivity index (χ3n) is 4.85. The second kappa shape index (κ2) is 9.47. The Labute approximate surface area is 177 Å². The van der Waals surface area contributed by atoms with E-state index in [-0.39, 0.29) is 23.7 Å². The second-order valence-corrected chi connectivity index (χ2v) is 8.68. The normalized spacial score (nSPS) is 17.4. The van der Waals surface area contributed by atoms with Gasteiger partial charge in [-0.15, -0.1) is 11.3 Å². The molecule has 3 rings (SSSR count). The van der Waals surface area contributed by atoms with Crippen LogP contribution in [0.1, 0.15) is 34.9 Å². The molecule has 2 heterocycles. The number of aromatic nitrogens is 1. The van der Waals surface area contributed by atoms with Gasteiger partial charge in [-0.05, 0) is 18.6 Å². The van der Waals surface area contributed by atoms with Crippen LogP contribution in [0.5, 0.6) is 11.5 Å². The van der Waals surface area contributed by atoms with Crippen LogP contribution in [0.2, 0.25) is 0 Å². The van der Waals surface area contributed by atoms with Crippen molar-refractivity contribution in [3.05, 3.63) is 34.8 Å². The summed E-state index contributed by atoms with van der Waals surface area (Å²) in [7, 11) is 3.17. The predicted octanol–water partition coefficient (Wildman–Crippen LogP) is 2.64. The van der Waals surface area contributed by atoms with Crippen molar-refractivity contribution >= 4 is 35.0 Å². The first-order valence-corrected chi connectivity index (χ1v) is 10.9. The third-order valence-corrected chi connectivity index (χ3v) is 6.85. The number of carbonyl (C=O) groups is 2. The molecule has 1 amide bonds. The first-order valence-electron chi connectivity index (χ1n) is 9.03. The number of aromatic carboxylic acids is 1. The Morgan fingerprint density at radius 1 is 1.45 bits per heavy atom. The number of thiazole rings is 1. The first-order chi connectivity index (χ1) is 13.9. The molecular formula is C19H23N3O5S2. The minimum absolute atomic E-state index is 0.0428. The Hall–Kier alpha value is -2.30. The van der Waals surface area contributed by atoms with Gasteiger partial charge in [-0.2, -0.15) is 0 Å². The van der Waals surface area contributed by atoms with Gasteiger partial charge in [0.25, 0.3) is 0 Å². The average molecular weight is 438 g/mol. The highest BCUT2D eigenvalue weighted by atomic mass is 32.2. The highest BCUT2D eigenvalue weighted by Crippen LogP contribution is 2.35. The van der Waals surface area contributed by atoms with E-state index < -0.39 is 5.97 Å². The molecule has 1 aromatic heterocycles. The van der Waals surface area contributed by atoms with Crippen LogP contribution in [0.25, 0.3) is 0 Å². The number of thioether (sulfide) groups is 1. The predicted molar refractivity (Wildman–Crippen MR) is 111 cm³/mol. The summed E-state index contributed by atoms with van der Waals surface area (Å²) in [5.74, 6) is 0.958. The zero-order valence-electron chi connectivity index (χ0n) is 16.2. The molecule has 8 nitrogen and oxygen atoms in total. The molecule has 1 fully saturated rings. The number of methoxy groups -OCH3 is 2. The smallest absolute Gasteiger partial charge is 0.355 e. The first kappa shape index (κ1) is 21.4. The van der Waals surface area contributed by atoms with Crippen molar-refractivity contribution in [3.8, 4) is 11.5 Å². The van der Waals surface area contributed by atoms with E-state index in [0.29, 0.717) is 41.0 Å². The number of carbonyl (C=O) groups excluding carboxylic acids is 1. The van der Waals surface area contributed by atoms with Crippen LogP contribution >= 0.6 is 23.1 Å². The van der Waals surface area contributed by atoms with E-state index in [0.717, 1.165) is 5.56 Å². The van der Waals surface area contributed by atoms with Gasteiger partial charge < -0.3 is 25.2 Å². The summed E-state index contributed by atoms with van der Waals surface area (Å²) in [4.78, 5) is 29.2. The Morgan fingerprint density at radius 2 is 2.24 bits per heavy atom. The molecule has 0 bridgehead atoms. The minimum Gasteiger partial charge on any atom is -0.497 e. The molecule has 0 radical (unpaired) electrons. The van der Waals surface area contributed by atoms with Crippen molar-refractivity contribution in [3.63, 3.8) is 0 Å². The Morgan fingerprint density at radius 3 is 2.90 bits per heavy atom. The third kappa shape index (κ3) is 4.82. The van der Waals surface area contributed by atoms with Gasteiger partial charge in [-0.25, -0.2) is 9.78 Å². The van der Waals surface area contributed by atoms with Gasteiger partial charge >= 0.3 is 5.97 Å². The van der Waals surface area contributed by atoms with Crippen LogP contribution < -0.4 is 15.2 Å². The van der Waals surface area contributed by atoms with E-state index in [1.165, 1.54) is 28.5 Å². The monoisotopic (exact) mass is 437 g/mol. The molecule has 1 aliphatic rings. The SMILES string of the molecule is COc1ccc(C(N)[C@H]2CCC(=O)N2CCSc2nc(C(=O)O)cs2)c(OC)c1. The molecule has 0 aliphatic carbocycles. The summed E-state index contributed by atoms with van der Waals surface area (Å²) in [5, 5.41) is 10.5. The lowest BCUT2D eigenvalue weighted by atomic mass is 9.97. The van der Waals surface area contributed by atoms with Crippen molar-refractivity contribution in [1.82, 2.24) is 9.88 Å². The molecule has 1 saturated heterocycles. The molecule has 3 N–H and O–H groups in total. The molecule has 1 aliphatic heterocycles. The Bertz CT molecular complexity index is 888. The number of nitrogens with zero attached hydrogens (tertiary/aromatic N) is 2. The van der Waals surface area contributed by atoms with E-state index in [1.54, 1.807) is 20.3 Å². The fourth-order valence-electron chi connectivity index (χ4n) is 3.37. The molecule has 156 valence electrons. The summed E-state index contributed by atoms with van der Waals surface area (Å²) in [6.07, 6.45) is 1.14. The Balaban J connectivity index is 1.67. The van der Waals surface area contributed by atoms with Crippen molar-refractivity contribution in [2.24, 2.45) is 5.73 Å². The molecule has 29 heavy (non-hydrogen) atoms. The number of nitrogens with two attached hydrogens (primary N) is 1. The van der Waals surface area contributed by atoms with Gasteiger partial charge in [-0.1, -0.05) is 11.8 Å². The van der Waals surface area contributed by atoms with Gasteiger partial charge in [0.05, 0.1) is 26.3 Å². The van der Waals surface area contributed by atoms with Crippen molar-refractivity contribution in [1.29, 1.82) is 0 Å². The zero-order chi connectivity index (χ0) is 21.0. The second-order valence-electron chi connectivity index (χ2n) is 6.48. The van der Waals surface area contributed by atoms with E-state index in [4.69, 9.17) is 20.3 Å². The van der Waals surface area contributed by atoms with Gasteiger partial charge in [0.1, 0.15) is 11.5 Å². The molecule has 0 saturated carbocycles. The lowest BCUT2D eigenvalue weighted by molar-refractivity contribution is -0.128. The lowest BCUT2D eigenvalue weighted by Gasteiger charge is -2.30. The van der Waals surface area contributed by atoms with E-state index in [2.05, 4.69) is 4.98 Å². The van der Waals surface area contributed by atoms with Crippen LogP contribution in [0, 0.1) is 0 Å². The topological polar surface area (TPSA) is 115 Å². The average Bonchev–Trinajstić information content (AvgIpc) is 3.34. The van der Waals surface area contributed by atoms with Crippen molar-refractivity contribution < 1.29 is 24.2 Å². The van der Waals surface area contributed by atoms with Gasteiger partial charge in [0.15, 0.2) is 10.0 Å². The quantitative estimate of drug-likeness (QED) is 0.576. The van der Waals surface area contributed by atoms with E-state index in [9.17, 15) is 9.59 Å². The molecule has 10 heteroatoms. The number of carboxylic acids is 1. The number of ether oxygens (including phenoxy) is 2. The van der Waals surface area contributed by atoms with Crippen LogP contribution in [0.4, 0.5) is 0 Å². The van der Waals surface area contributed by atoms with E-state index in [1.807, 2.05) is 17.0 Å². The van der Waals surface area contributed by atoms with Gasteiger partial charge in [0, 0.05) is 35.7 Å². The summed E-state index contributed by atoms with van der Waals surface area (Å²) < 4.78 is 11.4. The number of likely N-dealkylation sites (tertiary alicyclic amines) is 1. The summed E-state index contributed by atoms with van der Waals surface area (Å²) in [6.45, 7) is 0.516. The number of carboxylic acid groups (broad SMARTS) is 1. The van der Waals surface area contributed by atoms with Crippen LogP contribution in [-0.4, -0.2) is 59.4 Å².